The predicted molar refractivity (Wildman–Crippen MR) is 93.5 cm³/mol. The molecule has 0 amide bonds. The van der Waals surface area contributed by atoms with Crippen molar-refractivity contribution < 1.29 is 0 Å². The summed E-state index contributed by atoms with van der Waals surface area (Å²) in [6.07, 6.45) is 5.24. The van der Waals surface area contributed by atoms with Crippen molar-refractivity contribution in [3.63, 3.8) is 0 Å². The van der Waals surface area contributed by atoms with Gasteiger partial charge in [-0.25, -0.2) is 4.68 Å². The van der Waals surface area contributed by atoms with Crippen LogP contribution in [0.5, 0.6) is 0 Å². The molecule has 4 nitrogen and oxygen atoms in total. The van der Waals surface area contributed by atoms with Crippen LogP contribution in [0.1, 0.15) is 65.6 Å². The van der Waals surface area contributed by atoms with Gasteiger partial charge in [-0.05, 0) is 62.2 Å². The van der Waals surface area contributed by atoms with Gasteiger partial charge in [0.1, 0.15) is 0 Å². The number of allylic oxidation sites excluding steroid dienone is 2. The smallest absolute Gasteiger partial charge is 0.280 e. The van der Waals surface area contributed by atoms with Gasteiger partial charge in [0.05, 0.1) is 0 Å². The second kappa shape index (κ2) is 6.11. The highest BCUT2D eigenvalue weighted by Gasteiger charge is 2.27. The lowest BCUT2D eigenvalue weighted by Gasteiger charge is -2.33. The normalized spacial score (nSPS) is 19.4. The first kappa shape index (κ1) is 17.1. The third kappa shape index (κ3) is 3.24. The van der Waals surface area contributed by atoms with Gasteiger partial charge in [0.15, 0.2) is 10.5 Å². The van der Waals surface area contributed by atoms with Crippen LogP contribution in [0, 0.1) is 16.1 Å². The second-order valence-electron chi connectivity index (χ2n) is 7.60. The van der Waals surface area contributed by atoms with E-state index < -0.39 is 0 Å². The van der Waals surface area contributed by atoms with Crippen LogP contribution in [0.3, 0.4) is 0 Å². The maximum Gasteiger partial charge on any atom is 0.280 e. The maximum absolute atomic E-state index is 12.5. The van der Waals surface area contributed by atoms with Crippen molar-refractivity contribution in [1.82, 2.24) is 14.3 Å². The van der Waals surface area contributed by atoms with E-state index in [0.29, 0.717) is 21.8 Å². The van der Waals surface area contributed by atoms with E-state index in [9.17, 15) is 4.79 Å². The molecule has 0 N–H and O–H groups in total. The second-order valence-corrected chi connectivity index (χ2v) is 7.97. The number of aromatic nitrogens is 3. The Morgan fingerprint density at radius 1 is 1.36 bits per heavy atom. The average Bonchev–Trinajstić information content (AvgIpc) is 2.44. The predicted octanol–water partition coefficient (Wildman–Crippen LogP) is 4.12. The fraction of sp³-hybridized carbons (Fsp3) is 0.706. The van der Waals surface area contributed by atoms with Gasteiger partial charge in [0.2, 0.25) is 0 Å². The van der Waals surface area contributed by atoms with Gasteiger partial charge in [0.25, 0.3) is 5.56 Å². The lowest BCUT2D eigenvalue weighted by Crippen LogP contribution is -2.30. The van der Waals surface area contributed by atoms with E-state index in [4.69, 9.17) is 12.2 Å². The molecule has 0 aliphatic heterocycles. The molecule has 0 fully saturated rings. The molecule has 1 aliphatic rings. The SMILES string of the molecule is CC(C)n1nc(C2=CCC(C(C)(C)C)CC2)c(=O)n(C)c1=S. The molecule has 0 aromatic carbocycles. The topological polar surface area (TPSA) is 39.8 Å². The molecule has 2 rings (SSSR count). The Bertz CT molecular complexity index is 704. The van der Waals surface area contributed by atoms with E-state index in [1.54, 1.807) is 11.7 Å². The maximum atomic E-state index is 12.5. The summed E-state index contributed by atoms with van der Waals surface area (Å²) < 4.78 is 3.78. The van der Waals surface area contributed by atoms with Gasteiger partial charge in [-0.3, -0.25) is 9.36 Å². The van der Waals surface area contributed by atoms with E-state index in [1.165, 1.54) is 4.57 Å². The van der Waals surface area contributed by atoms with Crippen LogP contribution < -0.4 is 5.56 Å². The van der Waals surface area contributed by atoms with E-state index in [0.717, 1.165) is 24.8 Å². The lowest BCUT2D eigenvalue weighted by molar-refractivity contribution is 0.225. The van der Waals surface area contributed by atoms with Crippen LogP contribution in [0.15, 0.2) is 10.9 Å². The number of nitrogens with zero attached hydrogens (tertiary/aromatic N) is 3. The minimum absolute atomic E-state index is 0.0811. The Labute approximate surface area is 137 Å². The van der Waals surface area contributed by atoms with Gasteiger partial charge in [0, 0.05) is 13.1 Å². The summed E-state index contributed by atoms with van der Waals surface area (Å²) in [7, 11) is 1.73. The monoisotopic (exact) mass is 321 g/mol. The Balaban J connectivity index is 2.45. The third-order valence-electron chi connectivity index (χ3n) is 4.63. The summed E-state index contributed by atoms with van der Waals surface area (Å²) in [5.74, 6) is 0.663. The highest BCUT2D eigenvalue weighted by Crippen LogP contribution is 2.38. The molecular formula is C17H27N3OS. The van der Waals surface area contributed by atoms with Gasteiger partial charge in [-0.1, -0.05) is 26.8 Å². The van der Waals surface area contributed by atoms with Gasteiger partial charge in [-0.2, -0.15) is 5.10 Å². The molecule has 0 saturated carbocycles. The number of rotatable bonds is 2. The molecule has 5 heteroatoms. The van der Waals surface area contributed by atoms with E-state index in [1.807, 2.05) is 13.8 Å². The molecule has 1 atom stereocenters. The molecule has 1 unspecified atom stereocenters. The zero-order valence-corrected chi connectivity index (χ0v) is 15.3. The zero-order chi connectivity index (χ0) is 16.7. The fourth-order valence-corrected chi connectivity index (χ4v) is 3.30. The van der Waals surface area contributed by atoms with Crippen LogP contribution >= 0.6 is 12.2 Å². The molecule has 0 saturated heterocycles. The molecule has 0 radical (unpaired) electrons. The quantitative estimate of drug-likeness (QED) is 0.769. The van der Waals surface area contributed by atoms with E-state index in [2.05, 4.69) is 31.9 Å². The summed E-state index contributed by atoms with van der Waals surface area (Å²) >= 11 is 5.33. The minimum Gasteiger partial charge on any atom is -0.285 e. The highest BCUT2D eigenvalue weighted by molar-refractivity contribution is 7.71. The number of hydrogen-bond acceptors (Lipinski definition) is 3. The first-order valence-corrected chi connectivity index (χ1v) is 8.43. The first-order valence-electron chi connectivity index (χ1n) is 8.02. The van der Waals surface area contributed by atoms with E-state index >= 15 is 0 Å². The minimum atomic E-state index is -0.0811. The molecular weight excluding hydrogens is 294 g/mol. The van der Waals surface area contributed by atoms with Crippen molar-refractivity contribution >= 4 is 17.8 Å². The summed E-state index contributed by atoms with van der Waals surface area (Å²) in [4.78, 5) is 12.5. The summed E-state index contributed by atoms with van der Waals surface area (Å²) in [6, 6.07) is 0.143. The van der Waals surface area contributed by atoms with Crippen LogP contribution in [-0.2, 0) is 7.05 Å². The average molecular weight is 321 g/mol. The zero-order valence-electron chi connectivity index (χ0n) is 14.5. The number of hydrogen-bond donors (Lipinski definition) is 0. The lowest BCUT2D eigenvalue weighted by atomic mass is 9.73. The van der Waals surface area contributed by atoms with Gasteiger partial charge >= 0.3 is 0 Å². The van der Waals surface area contributed by atoms with Crippen molar-refractivity contribution in [1.29, 1.82) is 0 Å². The first-order chi connectivity index (χ1) is 10.1. The van der Waals surface area contributed by atoms with Gasteiger partial charge < -0.3 is 0 Å². The van der Waals surface area contributed by atoms with Crippen LogP contribution in [0.25, 0.3) is 5.57 Å². The molecule has 0 bridgehead atoms. The van der Waals surface area contributed by atoms with Crippen molar-refractivity contribution in [3.8, 4) is 0 Å². The van der Waals surface area contributed by atoms with E-state index in [-0.39, 0.29) is 11.6 Å². The standard InChI is InChI=1S/C17H27N3OS/c1-11(2)20-16(22)19(6)15(21)14(18-20)12-7-9-13(10-8-12)17(3,4)5/h7,11,13H,8-10H2,1-6H3. The largest absolute Gasteiger partial charge is 0.285 e. The summed E-state index contributed by atoms with van der Waals surface area (Å²) in [5, 5.41) is 4.55. The van der Waals surface area contributed by atoms with Crippen LogP contribution in [-0.4, -0.2) is 14.3 Å². The summed E-state index contributed by atoms with van der Waals surface area (Å²) in [6.45, 7) is 10.9. The molecule has 22 heavy (non-hydrogen) atoms. The van der Waals surface area contributed by atoms with Crippen molar-refractivity contribution in [2.45, 2.75) is 59.9 Å². The van der Waals surface area contributed by atoms with Gasteiger partial charge in [-0.15, -0.1) is 0 Å². The fourth-order valence-electron chi connectivity index (χ4n) is 2.97. The Morgan fingerprint density at radius 2 is 2.00 bits per heavy atom. The molecule has 1 heterocycles. The molecule has 1 aromatic rings. The Kier molecular flexibility index (Phi) is 4.76. The van der Waals surface area contributed by atoms with Crippen LogP contribution in [0.2, 0.25) is 0 Å². The summed E-state index contributed by atoms with van der Waals surface area (Å²) in [5.41, 5.74) is 1.87. The highest BCUT2D eigenvalue weighted by atomic mass is 32.1. The Morgan fingerprint density at radius 3 is 2.45 bits per heavy atom. The molecule has 122 valence electrons. The Hall–Kier alpha value is -1.23. The van der Waals surface area contributed by atoms with Crippen molar-refractivity contribution in [2.75, 3.05) is 0 Å². The van der Waals surface area contributed by atoms with Crippen molar-refractivity contribution in [3.05, 3.63) is 26.9 Å². The molecule has 0 spiro atoms. The molecule has 1 aromatic heterocycles. The third-order valence-corrected chi connectivity index (χ3v) is 5.09. The van der Waals surface area contributed by atoms with Crippen molar-refractivity contribution in [2.24, 2.45) is 18.4 Å². The van der Waals surface area contributed by atoms with Crippen LogP contribution in [0.4, 0.5) is 0 Å². The molecule has 1 aliphatic carbocycles.